The number of hydrogen-bond acceptors (Lipinski definition) is 5. The highest BCUT2D eigenvalue weighted by atomic mass is 16.5. The normalized spacial score (nSPS) is 16.1. The summed E-state index contributed by atoms with van der Waals surface area (Å²) in [6.07, 6.45) is 6.42. The molecule has 2 N–H and O–H groups in total. The minimum atomic E-state index is -0.181. The van der Waals surface area contributed by atoms with Gasteiger partial charge in [-0.05, 0) is 39.3 Å². The van der Waals surface area contributed by atoms with Gasteiger partial charge in [0.2, 0.25) is 0 Å². The lowest BCUT2D eigenvalue weighted by Gasteiger charge is -2.22. The van der Waals surface area contributed by atoms with Crippen molar-refractivity contribution < 1.29 is 9.53 Å². The van der Waals surface area contributed by atoms with E-state index in [1.54, 1.807) is 6.20 Å². The van der Waals surface area contributed by atoms with E-state index in [9.17, 15) is 4.79 Å². The molecule has 1 aromatic rings. The molecule has 1 aromatic heterocycles. The molecule has 6 heteroatoms. The minimum Gasteiger partial charge on any atom is -0.378 e. The van der Waals surface area contributed by atoms with Gasteiger partial charge in [0.05, 0.1) is 18.0 Å². The van der Waals surface area contributed by atoms with Crippen LogP contribution in [-0.2, 0) is 4.74 Å². The topological polar surface area (TPSA) is 76.1 Å². The Morgan fingerprint density at radius 3 is 2.90 bits per heavy atom. The van der Waals surface area contributed by atoms with Gasteiger partial charge in [0.25, 0.3) is 5.91 Å². The van der Waals surface area contributed by atoms with E-state index in [4.69, 9.17) is 4.74 Å². The van der Waals surface area contributed by atoms with Crippen LogP contribution >= 0.6 is 0 Å². The molecule has 110 valence electrons. The van der Waals surface area contributed by atoms with Crippen LogP contribution in [0.5, 0.6) is 0 Å². The van der Waals surface area contributed by atoms with Gasteiger partial charge in [-0.2, -0.15) is 0 Å². The highest BCUT2D eigenvalue weighted by molar-refractivity contribution is 5.91. The molecule has 0 aromatic carbocycles. The van der Waals surface area contributed by atoms with Crippen LogP contribution in [0.25, 0.3) is 0 Å². The molecule has 0 saturated carbocycles. The number of rotatable bonds is 6. The van der Waals surface area contributed by atoms with Crippen molar-refractivity contribution in [1.29, 1.82) is 0 Å². The molecule has 20 heavy (non-hydrogen) atoms. The number of nitrogens with one attached hydrogen (secondary N) is 2. The second-order valence-electron chi connectivity index (χ2n) is 4.97. The summed E-state index contributed by atoms with van der Waals surface area (Å²) < 4.78 is 5.77. The number of aromatic nitrogens is 2. The average Bonchev–Trinajstić information content (AvgIpc) is 2.48. The fourth-order valence-electron chi connectivity index (χ4n) is 2.09. The quantitative estimate of drug-likeness (QED) is 0.748. The summed E-state index contributed by atoms with van der Waals surface area (Å²) in [4.78, 5) is 19.8. The SMILES string of the molecule is Cc1cnc(C(=O)NCCCOC2CCNCC2)cn1. The predicted octanol–water partition coefficient (Wildman–Crippen LogP) is 0.674. The van der Waals surface area contributed by atoms with Crippen LogP contribution in [0.2, 0.25) is 0 Å². The van der Waals surface area contributed by atoms with Crippen LogP contribution in [0.3, 0.4) is 0 Å². The Labute approximate surface area is 119 Å². The smallest absolute Gasteiger partial charge is 0.271 e. The zero-order valence-corrected chi connectivity index (χ0v) is 11.9. The maximum absolute atomic E-state index is 11.8. The van der Waals surface area contributed by atoms with Gasteiger partial charge in [-0.3, -0.25) is 9.78 Å². The Kier molecular flexibility index (Phi) is 5.88. The third-order valence-electron chi connectivity index (χ3n) is 3.26. The Balaban J connectivity index is 1.58. The van der Waals surface area contributed by atoms with Gasteiger partial charge >= 0.3 is 0 Å². The molecule has 0 unspecified atom stereocenters. The standard InChI is InChI=1S/C14H22N4O2/c1-11-9-18-13(10-17-11)14(19)16-5-2-8-20-12-3-6-15-7-4-12/h9-10,12,15H,2-8H2,1H3,(H,16,19). The van der Waals surface area contributed by atoms with Crippen molar-refractivity contribution in [2.75, 3.05) is 26.2 Å². The number of ether oxygens (including phenoxy) is 1. The number of carbonyl (C=O) groups excluding carboxylic acids is 1. The predicted molar refractivity (Wildman–Crippen MR) is 75.6 cm³/mol. The number of amides is 1. The number of piperidine rings is 1. The van der Waals surface area contributed by atoms with Crippen LogP contribution in [-0.4, -0.2) is 48.2 Å². The van der Waals surface area contributed by atoms with E-state index >= 15 is 0 Å². The summed E-state index contributed by atoms with van der Waals surface area (Å²) in [6.45, 7) is 5.19. The number of nitrogens with zero attached hydrogens (tertiary/aromatic N) is 2. The largest absolute Gasteiger partial charge is 0.378 e. The molecule has 2 rings (SSSR count). The third kappa shape index (κ3) is 4.86. The Hall–Kier alpha value is -1.53. The van der Waals surface area contributed by atoms with E-state index in [1.165, 1.54) is 6.20 Å². The van der Waals surface area contributed by atoms with E-state index in [-0.39, 0.29) is 5.91 Å². The summed E-state index contributed by atoms with van der Waals surface area (Å²) in [5, 5.41) is 6.13. The van der Waals surface area contributed by atoms with Crippen LogP contribution in [0.15, 0.2) is 12.4 Å². The maximum Gasteiger partial charge on any atom is 0.271 e. The van der Waals surface area contributed by atoms with Gasteiger partial charge in [0.1, 0.15) is 5.69 Å². The summed E-state index contributed by atoms with van der Waals surface area (Å²) in [5.41, 5.74) is 1.16. The van der Waals surface area contributed by atoms with Gasteiger partial charge < -0.3 is 15.4 Å². The molecule has 1 aliphatic rings. The first-order chi connectivity index (χ1) is 9.75. The van der Waals surface area contributed by atoms with E-state index in [1.807, 2.05) is 6.92 Å². The molecule has 1 saturated heterocycles. The lowest BCUT2D eigenvalue weighted by Crippen LogP contribution is -2.33. The fraction of sp³-hybridized carbons (Fsp3) is 0.643. The molecule has 2 heterocycles. The van der Waals surface area contributed by atoms with Crippen molar-refractivity contribution in [2.45, 2.75) is 32.3 Å². The summed E-state index contributed by atoms with van der Waals surface area (Å²) in [7, 11) is 0. The van der Waals surface area contributed by atoms with E-state index < -0.39 is 0 Å². The molecule has 1 fully saturated rings. The maximum atomic E-state index is 11.8. The summed E-state index contributed by atoms with van der Waals surface area (Å²) in [5.74, 6) is -0.181. The fourth-order valence-corrected chi connectivity index (χ4v) is 2.09. The lowest BCUT2D eigenvalue weighted by atomic mass is 10.1. The van der Waals surface area contributed by atoms with Crippen molar-refractivity contribution in [3.63, 3.8) is 0 Å². The van der Waals surface area contributed by atoms with Crippen LogP contribution in [0.4, 0.5) is 0 Å². The molecule has 0 bridgehead atoms. The average molecular weight is 278 g/mol. The van der Waals surface area contributed by atoms with E-state index in [0.29, 0.717) is 24.9 Å². The molecule has 6 nitrogen and oxygen atoms in total. The first kappa shape index (κ1) is 14.9. The van der Waals surface area contributed by atoms with Gasteiger partial charge in [0.15, 0.2) is 0 Å². The van der Waals surface area contributed by atoms with Crippen molar-refractivity contribution in [3.05, 3.63) is 23.8 Å². The van der Waals surface area contributed by atoms with Gasteiger partial charge in [-0.25, -0.2) is 4.98 Å². The summed E-state index contributed by atoms with van der Waals surface area (Å²) in [6, 6.07) is 0. The van der Waals surface area contributed by atoms with Crippen molar-refractivity contribution in [3.8, 4) is 0 Å². The molecule has 0 spiro atoms. The Morgan fingerprint density at radius 1 is 1.40 bits per heavy atom. The molecule has 0 atom stereocenters. The highest BCUT2D eigenvalue weighted by Gasteiger charge is 2.12. The number of aryl methyl sites for hydroxylation is 1. The van der Waals surface area contributed by atoms with E-state index in [2.05, 4.69) is 20.6 Å². The number of hydrogen-bond donors (Lipinski definition) is 2. The first-order valence-corrected chi connectivity index (χ1v) is 7.15. The summed E-state index contributed by atoms with van der Waals surface area (Å²) >= 11 is 0. The molecule has 0 radical (unpaired) electrons. The second kappa shape index (κ2) is 7.91. The van der Waals surface area contributed by atoms with Gasteiger partial charge in [0, 0.05) is 19.3 Å². The first-order valence-electron chi connectivity index (χ1n) is 7.15. The van der Waals surface area contributed by atoms with Crippen molar-refractivity contribution >= 4 is 5.91 Å². The Bertz CT molecular complexity index is 416. The lowest BCUT2D eigenvalue weighted by molar-refractivity contribution is 0.0317. The minimum absolute atomic E-state index is 0.181. The highest BCUT2D eigenvalue weighted by Crippen LogP contribution is 2.07. The van der Waals surface area contributed by atoms with Crippen LogP contribution in [0.1, 0.15) is 35.4 Å². The van der Waals surface area contributed by atoms with Gasteiger partial charge in [-0.1, -0.05) is 0 Å². The monoisotopic (exact) mass is 278 g/mol. The molecular weight excluding hydrogens is 256 g/mol. The zero-order chi connectivity index (χ0) is 14.2. The van der Waals surface area contributed by atoms with Crippen molar-refractivity contribution in [1.82, 2.24) is 20.6 Å². The number of carbonyl (C=O) groups is 1. The van der Waals surface area contributed by atoms with E-state index in [0.717, 1.165) is 38.0 Å². The molecule has 0 aliphatic carbocycles. The van der Waals surface area contributed by atoms with Crippen molar-refractivity contribution in [2.24, 2.45) is 0 Å². The van der Waals surface area contributed by atoms with Crippen LogP contribution < -0.4 is 10.6 Å². The molecular formula is C14H22N4O2. The zero-order valence-electron chi connectivity index (χ0n) is 11.9. The Morgan fingerprint density at radius 2 is 2.20 bits per heavy atom. The second-order valence-corrected chi connectivity index (χ2v) is 4.97. The van der Waals surface area contributed by atoms with Gasteiger partial charge in [-0.15, -0.1) is 0 Å². The third-order valence-corrected chi connectivity index (χ3v) is 3.26. The van der Waals surface area contributed by atoms with Crippen LogP contribution in [0, 0.1) is 6.92 Å². The molecule has 1 aliphatic heterocycles. The molecule has 1 amide bonds.